The fourth-order valence-electron chi connectivity index (χ4n) is 5.93. The van der Waals surface area contributed by atoms with E-state index in [4.69, 9.17) is 0 Å². The van der Waals surface area contributed by atoms with Crippen LogP contribution < -0.4 is 4.90 Å². The largest absolute Gasteiger partial charge is 0.370 e. The normalized spacial score (nSPS) is 25.5. The zero-order valence-electron chi connectivity index (χ0n) is 18.3. The maximum atomic E-state index is 14.2. The summed E-state index contributed by atoms with van der Waals surface area (Å²) >= 11 is 0. The quantitative estimate of drug-likeness (QED) is 0.741. The standard InChI is InChI=1S/C25H29FN4O2/c26-19-5-6-22-20(12-19)23(30-14-16-1-2-17(11-16)15-30)21(13-27-22)25(32)29-9-7-28(8-10-29)24(31)18-3-4-18/h5-6,12-13,16-18H,1-4,7-11,14-15H2. The molecule has 4 aliphatic rings. The Kier molecular flexibility index (Phi) is 4.81. The molecule has 0 N–H and O–H groups in total. The second-order valence-corrected chi connectivity index (χ2v) is 10.0. The molecule has 6 rings (SSSR count). The first-order valence-electron chi connectivity index (χ1n) is 12.0. The number of aromatic nitrogens is 1. The van der Waals surface area contributed by atoms with Crippen LogP contribution in [0.15, 0.2) is 24.4 Å². The van der Waals surface area contributed by atoms with E-state index in [-0.39, 0.29) is 23.5 Å². The minimum absolute atomic E-state index is 0.0601. The number of carbonyl (C=O) groups is 2. The number of carbonyl (C=O) groups excluding carboxylic acids is 2. The number of fused-ring (bicyclic) bond motifs is 3. The van der Waals surface area contributed by atoms with Crippen molar-refractivity contribution in [2.45, 2.75) is 32.1 Å². The van der Waals surface area contributed by atoms with Gasteiger partial charge in [0.2, 0.25) is 5.91 Å². The molecule has 4 fully saturated rings. The van der Waals surface area contributed by atoms with Crippen LogP contribution in [0.25, 0.3) is 10.9 Å². The summed E-state index contributed by atoms with van der Waals surface area (Å²) in [7, 11) is 0. The lowest BCUT2D eigenvalue weighted by Crippen LogP contribution is -2.51. The topological polar surface area (TPSA) is 56.8 Å². The van der Waals surface area contributed by atoms with Gasteiger partial charge in [-0.1, -0.05) is 0 Å². The zero-order chi connectivity index (χ0) is 21.8. The number of nitrogens with zero attached hydrogens (tertiary/aromatic N) is 4. The summed E-state index contributed by atoms with van der Waals surface area (Å²) in [6.07, 6.45) is 7.40. The molecule has 2 saturated heterocycles. The lowest BCUT2D eigenvalue weighted by atomic mass is 9.96. The Balaban J connectivity index is 1.32. The molecular formula is C25H29FN4O2. The summed E-state index contributed by atoms with van der Waals surface area (Å²) in [5.41, 5.74) is 2.12. The average molecular weight is 437 g/mol. The smallest absolute Gasteiger partial charge is 0.257 e. The molecule has 2 aliphatic carbocycles. The molecule has 2 amide bonds. The predicted octanol–water partition coefficient (Wildman–Crippen LogP) is 3.30. The van der Waals surface area contributed by atoms with Crippen LogP contribution in [0.3, 0.4) is 0 Å². The minimum Gasteiger partial charge on any atom is -0.370 e. The fourth-order valence-corrected chi connectivity index (χ4v) is 5.93. The molecule has 0 radical (unpaired) electrons. The maximum absolute atomic E-state index is 14.2. The molecule has 2 aromatic rings. The van der Waals surface area contributed by atoms with Gasteiger partial charge in [0, 0.05) is 56.8 Å². The molecule has 1 aromatic carbocycles. The lowest BCUT2D eigenvalue weighted by molar-refractivity contribution is -0.134. The van der Waals surface area contributed by atoms with Crippen molar-refractivity contribution in [3.05, 3.63) is 35.8 Å². The van der Waals surface area contributed by atoms with Gasteiger partial charge >= 0.3 is 0 Å². The van der Waals surface area contributed by atoms with Gasteiger partial charge in [0.15, 0.2) is 0 Å². The number of benzene rings is 1. The van der Waals surface area contributed by atoms with Crippen molar-refractivity contribution in [2.75, 3.05) is 44.2 Å². The number of pyridine rings is 1. The molecule has 2 saturated carbocycles. The second-order valence-electron chi connectivity index (χ2n) is 10.0. The minimum atomic E-state index is -0.308. The van der Waals surface area contributed by atoms with E-state index in [9.17, 15) is 14.0 Å². The van der Waals surface area contributed by atoms with E-state index in [2.05, 4.69) is 9.88 Å². The van der Waals surface area contributed by atoms with E-state index in [1.165, 1.54) is 31.4 Å². The van der Waals surface area contributed by atoms with Gasteiger partial charge in [0.25, 0.3) is 5.91 Å². The number of hydrogen-bond donors (Lipinski definition) is 0. The summed E-state index contributed by atoms with van der Waals surface area (Å²) in [5.74, 6) is 1.37. The summed E-state index contributed by atoms with van der Waals surface area (Å²) in [6.45, 7) is 4.05. The van der Waals surface area contributed by atoms with Crippen molar-refractivity contribution in [3.63, 3.8) is 0 Å². The van der Waals surface area contributed by atoms with Gasteiger partial charge in [-0.15, -0.1) is 0 Å². The molecular weight excluding hydrogens is 407 g/mol. The molecule has 2 bridgehead atoms. The molecule has 32 heavy (non-hydrogen) atoms. The molecule has 6 nitrogen and oxygen atoms in total. The van der Waals surface area contributed by atoms with Gasteiger partial charge in [-0.05, 0) is 62.1 Å². The van der Waals surface area contributed by atoms with Crippen LogP contribution in [0.1, 0.15) is 42.5 Å². The zero-order valence-corrected chi connectivity index (χ0v) is 18.3. The van der Waals surface area contributed by atoms with Crippen LogP contribution in [0.4, 0.5) is 10.1 Å². The van der Waals surface area contributed by atoms with Crippen LogP contribution in [-0.2, 0) is 4.79 Å². The first-order chi connectivity index (χ1) is 15.6. The molecule has 7 heteroatoms. The predicted molar refractivity (Wildman–Crippen MR) is 120 cm³/mol. The summed E-state index contributed by atoms with van der Waals surface area (Å²) in [6, 6.07) is 4.65. The second kappa shape index (κ2) is 7.71. The van der Waals surface area contributed by atoms with Gasteiger partial charge in [-0.3, -0.25) is 14.6 Å². The van der Waals surface area contributed by atoms with Gasteiger partial charge in [-0.2, -0.15) is 0 Å². The van der Waals surface area contributed by atoms with Crippen LogP contribution in [0.2, 0.25) is 0 Å². The third-order valence-corrected chi connectivity index (χ3v) is 7.76. The number of piperazine rings is 1. The Morgan fingerprint density at radius 1 is 0.938 bits per heavy atom. The van der Waals surface area contributed by atoms with E-state index in [0.29, 0.717) is 43.6 Å². The van der Waals surface area contributed by atoms with Gasteiger partial charge in [0.05, 0.1) is 16.8 Å². The number of piperidine rings is 1. The number of amides is 2. The first-order valence-corrected chi connectivity index (χ1v) is 12.0. The van der Waals surface area contributed by atoms with E-state index < -0.39 is 0 Å². The number of halogens is 1. The average Bonchev–Trinajstić information content (AvgIpc) is 3.61. The highest BCUT2D eigenvalue weighted by Crippen LogP contribution is 2.41. The highest BCUT2D eigenvalue weighted by atomic mass is 19.1. The Morgan fingerprint density at radius 2 is 1.62 bits per heavy atom. The van der Waals surface area contributed by atoms with Crippen LogP contribution in [-0.4, -0.2) is 65.9 Å². The highest BCUT2D eigenvalue weighted by molar-refractivity contribution is 6.07. The van der Waals surface area contributed by atoms with Crippen molar-refractivity contribution in [2.24, 2.45) is 17.8 Å². The molecule has 168 valence electrons. The monoisotopic (exact) mass is 436 g/mol. The number of anilines is 1. The van der Waals surface area contributed by atoms with Crippen LogP contribution in [0, 0.1) is 23.6 Å². The molecule has 0 spiro atoms. The van der Waals surface area contributed by atoms with E-state index in [0.717, 1.165) is 42.5 Å². The molecule has 2 atom stereocenters. The summed E-state index contributed by atoms with van der Waals surface area (Å²) in [4.78, 5) is 36.6. The Morgan fingerprint density at radius 3 is 2.31 bits per heavy atom. The number of hydrogen-bond acceptors (Lipinski definition) is 4. The van der Waals surface area contributed by atoms with Gasteiger partial charge in [0.1, 0.15) is 5.82 Å². The molecule has 2 unspecified atom stereocenters. The summed E-state index contributed by atoms with van der Waals surface area (Å²) in [5, 5.41) is 0.722. The third kappa shape index (κ3) is 3.51. The highest BCUT2D eigenvalue weighted by Gasteiger charge is 2.37. The van der Waals surface area contributed by atoms with Crippen LogP contribution in [0.5, 0.6) is 0 Å². The number of rotatable bonds is 3. The molecule has 3 heterocycles. The van der Waals surface area contributed by atoms with Crippen molar-refractivity contribution >= 4 is 28.4 Å². The van der Waals surface area contributed by atoms with Gasteiger partial charge < -0.3 is 14.7 Å². The lowest BCUT2D eigenvalue weighted by Gasteiger charge is -2.38. The van der Waals surface area contributed by atoms with Crippen molar-refractivity contribution in [3.8, 4) is 0 Å². The Bertz CT molecular complexity index is 1070. The Labute approximate surface area is 187 Å². The van der Waals surface area contributed by atoms with Gasteiger partial charge in [-0.25, -0.2) is 4.39 Å². The van der Waals surface area contributed by atoms with E-state index in [1.54, 1.807) is 12.3 Å². The third-order valence-electron chi connectivity index (χ3n) is 7.76. The molecule has 1 aromatic heterocycles. The SMILES string of the molecule is O=C(c1cnc2ccc(F)cc2c1N1CC2CCC(C2)C1)N1CCN(C(=O)C2CC2)CC1. The van der Waals surface area contributed by atoms with Crippen molar-refractivity contribution < 1.29 is 14.0 Å². The summed E-state index contributed by atoms with van der Waals surface area (Å²) < 4.78 is 14.2. The fraction of sp³-hybridized carbons (Fsp3) is 0.560. The first kappa shape index (κ1) is 19.9. The Hall–Kier alpha value is -2.70. The molecule has 2 aliphatic heterocycles. The van der Waals surface area contributed by atoms with E-state index >= 15 is 0 Å². The maximum Gasteiger partial charge on any atom is 0.257 e. The van der Waals surface area contributed by atoms with Crippen molar-refractivity contribution in [1.29, 1.82) is 0 Å². The van der Waals surface area contributed by atoms with Crippen molar-refractivity contribution in [1.82, 2.24) is 14.8 Å². The van der Waals surface area contributed by atoms with Crippen LogP contribution >= 0.6 is 0 Å². The van der Waals surface area contributed by atoms with E-state index in [1.807, 2.05) is 9.80 Å².